The van der Waals surface area contributed by atoms with E-state index in [2.05, 4.69) is 58.3 Å². The molecule has 1 amide bonds. The van der Waals surface area contributed by atoms with Gasteiger partial charge < -0.3 is 15.4 Å². The van der Waals surface area contributed by atoms with Crippen LogP contribution < -0.4 is 10.6 Å². The highest BCUT2D eigenvalue weighted by Gasteiger charge is 2.25. The Morgan fingerprint density at radius 1 is 1.26 bits per heavy atom. The van der Waals surface area contributed by atoms with Crippen molar-refractivity contribution in [2.45, 2.75) is 71.1 Å². The molecular weight excluding hydrogens is 403 g/mol. The normalized spacial score (nSPS) is 21.6. The second-order valence-corrected chi connectivity index (χ2v) is 8.56. The molecule has 1 aliphatic rings. The Morgan fingerprint density at radius 2 is 1.96 bits per heavy atom. The summed E-state index contributed by atoms with van der Waals surface area (Å²) in [5.41, 5.74) is 2.00. The van der Waals surface area contributed by atoms with Crippen LogP contribution in [0.5, 0.6) is 0 Å². The molecule has 0 bridgehead atoms. The maximum absolute atomic E-state index is 11.9. The topological polar surface area (TPSA) is 50.4 Å². The number of carbonyl (C=O) groups excluding carboxylic acids is 1. The highest BCUT2D eigenvalue weighted by Crippen LogP contribution is 2.25. The minimum absolute atomic E-state index is 0.181. The zero-order valence-corrected chi connectivity index (χ0v) is 16.6. The van der Waals surface area contributed by atoms with Crippen molar-refractivity contribution in [1.82, 2.24) is 5.32 Å². The van der Waals surface area contributed by atoms with Gasteiger partial charge >= 0.3 is 6.09 Å². The summed E-state index contributed by atoms with van der Waals surface area (Å²) in [4.78, 5) is 11.9. The van der Waals surface area contributed by atoms with Gasteiger partial charge in [0.2, 0.25) is 0 Å². The van der Waals surface area contributed by atoms with Crippen molar-refractivity contribution in [3.8, 4) is 0 Å². The highest BCUT2D eigenvalue weighted by molar-refractivity contribution is 14.1. The molecule has 5 heteroatoms. The molecule has 1 saturated carbocycles. The van der Waals surface area contributed by atoms with E-state index in [1.54, 1.807) is 0 Å². The standard InChI is InChI=1S/C18H27IN2O2/c1-12-10-13(19)8-9-16(12)20-14-6-5-7-15(11-14)21-17(22)23-18(2,3)4/h8-10,14-15,20H,5-7,11H2,1-4H3,(H,21,22). The fraction of sp³-hybridized carbons (Fsp3) is 0.611. The van der Waals surface area contributed by atoms with E-state index in [0.717, 1.165) is 25.7 Å². The lowest BCUT2D eigenvalue weighted by Gasteiger charge is -2.32. The first-order valence-electron chi connectivity index (χ1n) is 8.25. The summed E-state index contributed by atoms with van der Waals surface area (Å²) in [5.74, 6) is 0. The molecule has 2 N–H and O–H groups in total. The second-order valence-electron chi connectivity index (χ2n) is 7.31. The van der Waals surface area contributed by atoms with E-state index in [-0.39, 0.29) is 12.1 Å². The molecule has 2 atom stereocenters. The highest BCUT2D eigenvalue weighted by atomic mass is 127. The SMILES string of the molecule is Cc1cc(I)ccc1NC1CCCC(NC(=O)OC(C)(C)C)C1. The first-order chi connectivity index (χ1) is 10.7. The molecule has 23 heavy (non-hydrogen) atoms. The molecule has 0 spiro atoms. The molecule has 1 aromatic rings. The third-order valence-corrected chi connectivity index (χ3v) is 4.61. The average molecular weight is 430 g/mol. The summed E-state index contributed by atoms with van der Waals surface area (Å²) in [7, 11) is 0. The summed E-state index contributed by atoms with van der Waals surface area (Å²) in [6.07, 6.45) is 3.89. The smallest absolute Gasteiger partial charge is 0.407 e. The number of carbonyl (C=O) groups is 1. The van der Waals surface area contributed by atoms with Crippen LogP contribution in [-0.4, -0.2) is 23.8 Å². The van der Waals surface area contributed by atoms with Crippen LogP contribution in [0.4, 0.5) is 10.5 Å². The molecular formula is C18H27IN2O2. The van der Waals surface area contributed by atoms with Gasteiger partial charge in [-0.15, -0.1) is 0 Å². The second kappa shape index (κ2) is 7.73. The average Bonchev–Trinajstić information content (AvgIpc) is 2.40. The van der Waals surface area contributed by atoms with Gasteiger partial charge in [0.15, 0.2) is 0 Å². The molecule has 2 unspecified atom stereocenters. The number of hydrogen-bond acceptors (Lipinski definition) is 3. The van der Waals surface area contributed by atoms with Crippen molar-refractivity contribution in [3.05, 3.63) is 27.3 Å². The molecule has 0 heterocycles. The van der Waals surface area contributed by atoms with Crippen molar-refractivity contribution in [2.75, 3.05) is 5.32 Å². The van der Waals surface area contributed by atoms with Gasteiger partial charge in [-0.1, -0.05) is 0 Å². The predicted octanol–water partition coefficient (Wildman–Crippen LogP) is 4.85. The van der Waals surface area contributed by atoms with Gasteiger partial charge in [0.25, 0.3) is 0 Å². The predicted molar refractivity (Wildman–Crippen MR) is 103 cm³/mol. The van der Waals surface area contributed by atoms with Gasteiger partial charge in [-0.05, 0) is 99.7 Å². The number of rotatable bonds is 3. The molecule has 0 radical (unpaired) electrons. The van der Waals surface area contributed by atoms with Crippen molar-refractivity contribution in [3.63, 3.8) is 0 Å². The number of hydrogen-bond donors (Lipinski definition) is 2. The maximum atomic E-state index is 11.9. The lowest BCUT2D eigenvalue weighted by Crippen LogP contribution is -2.43. The van der Waals surface area contributed by atoms with Crippen molar-refractivity contribution < 1.29 is 9.53 Å². The van der Waals surface area contributed by atoms with E-state index in [0.29, 0.717) is 6.04 Å². The Labute approximate surface area is 152 Å². The van der Waals surface area contributed by atoms with Crippen LogP contribution in [0.25, 0.3) is 0 Å². The van der Waals surface area contributed by atoms with Crippen LogP contribution in [0.15, 0.2) is 18.2 Å². The summed E-state index contributed by atoms with van der Waals surface area (Å²) in [5, 5.41) is 6.64. The molecule has 128 valence electrons. The molecule has 0 aromatic heterocycles. The first kappa shape index (κ1) is 18.4. The van der Waals surface area contributed by atoms with E-state index >= 15 is 0 Å². The first-order valence-corrected chi connectivity index (χ1v) is 9.33. The van der Waals surface area contributed by atoms with E-state index in [1.165, 1.54) is 14.8 Å². The maximum Gasteiger partial charge on any atom is 0.407 e. The van der Waals surface area contributed by atoms with Gasteiger partial charge in [-0.3, -0.25) is 0 Å². The summed E-state index contributed by atoms with van der Waals surface area (Å²) >= 11 is 2.33. The summed E-state index contributed by atoms with van der Waals surface area (Å²) < 4.78 is 6.60. The van der Waals surface area contributed by atoms with Crippen molar-refractivity contribution >= 4 is 34.4 Å². The van der Waals surface area contributed by atoms with Crippen LogP contribution in [0.2, 0.25) is 0 Å². The minimum atomic E-state index is -0.450. The Hall–Kier alpha value is -0.980. The molecule has 0 saturated heterocycles. The van der Waals surface area contributed by atoms with Crippen LogP contribution in [-0.2, 0) is 4.74 Å². The van der Waals surface area contributed by atoms with Crippen LogP contribution in [0, 0.1) is 10.5 Å². The quantitative estimate of drug-likeness (QED) is 0.675. The summed E-state index contributed by atoms with van der Waals surface area (Å²) in [6, 6.07) is 7.02. The number of halogens is 1. The zero-order valence-electron chi connectivity index (χ0n) is 14.4. The molecule has 2 rings (SSSR count). The molecule has 0 aliphatic heterocycles. The van der Waals surface area contributed by atoms with Gasteiger partial charge in [-0.25, -0.2) is 4.79 Å². The Morgan fingerprint density at radius 3 is 2.61 bits per heavy atom. The van der Waals surface area contributed by atoms with Crippen molar-refractivity contribution in [1.29, 1.82) is 0 Å². The third-order valence-electron chi connectivity index (χ3n) is 3.94. The van der Waals surface area contributed by atoms with E-state index in [4.69, 9.17) is 4.74 Å². The fourth-order valence-electron chi connectivity index (χ4n) is 2.94. The molecule has 4 nitrogen and oxygen atoms in total. The fourth-order valence-corrected chi connectivity index (χ4v) is 3.58. The minimum Gasteiger partial charge on any atom is -0.444 e. The van der Waals surface area contributed by atoms with Gasteiger partial charge in [-0.2, -0.15) is 0 Å². The monoisotopic (exact) mass is 430 g/mol. The molecule has 1 aliphatic carbocycles. The third kappa shape index (κ3) is 6.20. The van der Waals surface area contributed by atoms with Gasteiger partial charge in [0.1, 0.15) is 5.60 Å². The zero-order chi connectivity index (χ0) is 17.0. The number of amides is 1. The number of anilines is 1. The van der Waals surface area contributed by atoms with Crippen molar-refractivity contribution in [2.24, 2.45) is 0 Å². The number of aryl methyl sites for hydroxylation is 1. The van der Waals surface area contributed by atoms with Gasteiger partial charge in [0.05, 0.1) is 0 Å². The van der Waals surface area contributed by atoms with E-state index in [1.807, 2.05) is 20.8 Å². The van der Waals surface area contributed by atoms with E-state index in [9.17, 15) is 4.79 Å². The number of nitrogens with one attached hydrogen (secondary N) is 2. The number of ether oxygens (including phenoxy) is 1. The van der Waals surface area contributed by atoms with Gasteiger partial charge in [0, 0.05) is 21.3 Å². The lowest BCUT2D eigenvalue weighted by molar-refractivity contribution is 0.0492. The number of benzene rings is 1. The largest absolute Gasteiger partial charge is 0.444 e. The Kier molecular flexibility index (Phi) is 6.17. The number of alkyl carbamates (subject to hydrolysis) is 1. The Balaban J connectivity index is 1.89. The lowest BCUT2D eigenvalue weighted by atomic mass is 9.90. The van der Waals surface area contributed by atoms with Crippen LogP contribution in [0.1, 0.15) is 52.0 Å². The molecule has 1 aromatic carbocycles. The van der Waals surface area contributed by atoms with Crippen LogP contribution >= 0.6 is 22.6 Å². The molecule has 1 fully saturated rings. The summed E-state index contributed by atoms with van der Waals surface area (Å²) in [6.45, 7) is 7.79. The Bertz CT molecular complexity index is 554. The van der Waals surface area contributed by atoms with E-state index < -0.39 is 5.60 Å². The van der Waals surface area contributed by atoms with Crippen LogP contribution in [0.3, 0.4) is 0 Å².